The topological polar surface area (TPSA) is 47.3 Å². The van der Waals surface area contributed by atoms with Crippen molar-refractivity contribution in [3.63, 3.8) is 0 Å². The third-order valence-corrected chi connectivity index (χ3v) is 3.82. The standard InChI is InChI=1S/C14H20ClFN2O/c1-2-19-14(9-6-7-9)12(18-17)8-10-4-3-5-11(15)13(10)16/h3-5,9,12,14,18H,2,6-8,17H2,1H3. The molecule has 0 spiro atoms. The molecule has 1 saturated carbocycles. The quantitative estimate of drug-likeness (QED) is 0.598. The van der Waals surface area contributed by atoms with Crippen LogP contribution in [0.5, 0.6) is 0 Å². The van der Waals surface area contributed by atoms with E-state index in [-0.39, 0.29) is 23.0 Å². The number of hydrogen-bond donors (Lipinski definition) is 2. The van der Waals surface area contributed by atoms with Crippen LogP contribution in [0, 0.1) is 11.7 Å². The molecule has 0 radical (unpaired) electrons. The van der Waals surface area contributed by atoms with Crippen LogP contribution in [0.15, 0.2) is 18.2 Å². The van der Waals surface area contributed by atoms with Gasteiger partial charge in [0, 0.05) is 6.61 Å². The minimum absolute atomic E-state index is 0.0355. The predicted molar refractivity (Wildman–Crippen MR) is 74.4 cm³/mol. The highest BCUT2D eigenvalue weighted by Crippen LogP contribution is 2.36. The van der Waals surface area contributed by atoms with Crippen molar-refractivity contribution in [1.29, 1.82) is 0 Å². The van der Waals surface area contributed by atoms with Gasteiger partial charge in [0.2, 0.25) is 0 Å². The summed E-state index contributed by atoms with van der Waals surface area (Å²) in [6.45, 7) is 2.60. The summed E-state index contributed by atoms with van der Waals surface area (Å²) < 4.78 is 19.7. The largest absolute Gasteiger partial charge is 0.377 e. The van der Waals surface area contributed by atoms with Crippen molar-refractivity contribution >= 4 is 11.6 Å². The molecule has 0 heterocycles. The van der Waals surface area contributed by atoms with Gasteiger partial charge in [-0.05, 0) is 43.7 Å². The van der Waals surface area contributed by atoms with Crippen LogP contribution in [0.2, 0.25) is 5.02 Å². The van der Waals surface area contributed by atoms with Crippen molar-refractivity contribution in [3.8, 4) is 0 Å². The van der Waals surface area contributed by atoms with E-state index >= 15 is 0 Å². The summed E-state index contributed by atoms with van der Waals surface area (Å²) in [6, 6.07) is 4.94. The van der Waals surface area contributed by atoms with Crippen LogP contribution in [0.1, 0.15) is 25.3 Å². The molecule has 1 aromatic rings. The van der Waals surface area contributed by atoms with Crippen LogP contribution < -0.4 is 11.3 Å². The molecule has 0 amide bonds. The average Bonchev–Trinajstić information content (AvgIpc) is 3.23. The Morgan fingerprint density at radius 1 is 1.53 bits per heavy atom. The number of benzene rings is 1. The zero-order valence-electron chi connectivity index (χ0n) is 11.0. The molecule has 0 aliphatic heterocycles. The number of halogens is 2. The molecule has 106 valence electrons. The van der Waals surface area contributed by atoms with Gasteiger partial charge in [0.15, 0.2) is 0 Å². The first-order valence-electron chi connectivity index (χ1n) is 6.68. The van der Waals surface area contributed by atoms with Gasteiger partial charge in [-0.2, -0.15) is 0 Å². The Morgan fingerprint density at radius 3 is 2.84 bits per heavy atom. The molecule has 19 heavy (non-hydrogen) atoms. The van der Waals surface area contributed by atoms with E-state index in [1.807, 2.05) is 6.92 Å². The van der Waals surface area contributed by atoms with Crippen LogP contribution in [-0.2, 0) is 11.2 Å². The number of nitrogens with one attached hydrogen (secondary N) is 1. The molecule has 0 bridgehead atoms. The number of nitrogens with two attached hydrogens (primary N) is 1. The smallest absolute Gasteiger partial charge is 0.145 e. The molecular formula is C14H20ClFN2O. The third kappa shape index (κ3) is 3.66. The van der Waals surface area contributed by atoms with Gasteiger partial charge in [-0.25, -0.2) is 4.39 Å². The molecule has 0 saturated heterocycles. The van der Waals surface area contributed by atoms with E-state index in [1.165, 1.54) is 0 Å². The molecule has 0 aromatic heterocycles. The highest BCUT2D eigenvalue weighted by Gasteiger charge is 2.37. The molecular weight excluding hydrogens is 267 g/mol. The maximum atomic E-state index is 13.9. The zero-order valence-corrected chi connectivity index (χ0v) is 11.8. The van der Waals surface area contributed by atoms with Crippen molar-refractivity contribution in [1.82, 2.24) is 5.43 Å². The Morgan fingerprint density at radius 2 is 2.26 bits per heavy atom. The fraction of sp³-hybridized carbons (Fsp3) is 0.571. The fourth-order valence-electron chi connectivity index (χ4n) is 2.41. The van der Waals surface area contributed by atoms with E-state index in [2.05, 4.69) is 5.43 Å². The second kappa shape index (κ2) is 6.66. The van der Waals surface area contributed by atoms with Crippen molar-refractivity contribution in [2.75, 3.05) is 6.61 Å². The van der Waals surface area contributed by atoms with Gasteiger partial charge in [-0.3, -0.25) is 11.3 Å². The summed E-state index contributed by atoms with van der Waals surface area (Å²) in [5.41, 5.74) is 3.34. The summed E-state index contributed by atoms with van der Waals surface area (Å²) in [6.07, 6.45) is 2.82. The number of rotatable bonds is 7. The second-order valence-electron chi connectivity index (χ2n) is 4.95. The molecule has 5 heteroatoms. The third-order valence-electron chi connectivity index (χ3n) is 3.53. The van der Waals surface area contributed by atoms with Gasteiger partial charge in [0.05, 0.1) is 17.2 Å². The van der Waals surface area contributed by atoms with Crippen molar-refractivity contribution in [2.45, 2.75) is 38.3 Å². The van der Waals surface area contributed by atoms with Gasteiger partial charge in [0.25, 0.3) is 0 Å². The molecule has 3 N–H and O–H groups in total. The van der Waals surface area contributed by atoms with Crippen LogP contribution in [0.3, 0.4) is 0 Å². The summed E-state index contributed by atoms with van der Waals surface area (Å²) in [7, 11) is 0. The molecule has 2 unspecified atom stereocenters. The Labute approximate surface area is 118 Å². The van der Waals surface area contributed by atoms with Gasteiger partial charge in [-0.15, -0.1) is 0 Å². The fourth-order valence-corrected chi connectivity index (χ4v) is 2.61. The summed E-state index contributed by atoms with van der Waals surface area (Å²) >= 11 is 5.80. The lowest BCUT2D eigenvalue weighted by molar-refractivity contribution is 0.0190. The van der Waals surface area contributed by atoms with Crippen molar-refractivity contribution in [3.05, 3.63) is 34.6 Å². The van der Waals surface area contributed by atoms with E-state index in [4.69, 9.17) is 22.2 Å². The Balaban J connectivity index is 2.10. The van der Waals surface area contributed by atoms with Crippen LogP contribution in [0.4, 0.5) is 4.39 Å². The monoisotopic (exact) mass is 286 g/mol. The highest BCUT2D eigenvalue weighted by molar-refractivity contribution is 6.30. The minimum Gasteiger partial charge on any atom is -0.377 e. The highest BCUT2D eigenvalue weighted by atomic mass is 35.5. The van der Waals surface area contributed by atoms with E-state index < -0.39 is 0 Å². The lowest BCUT2D eigenvalue weighted by Gasteiger charge is -2.26. The molecule has 3 nitrogen and oxygen atoms in total. The Kier molecular flexibility index (Phi) is 5.16. The van der Waals surface area contributed by atoms with E-state index in [9.17, 15) is 4.39 Å². The Hall–Kier alpha value is -0.680. The van der Waals surface area contributed by atoms with Crippen LogP contribution in [0.25, 0.3) is 0 Å². The molecule has 1 aliphatic rings. The van der Waals surface area contributed by atoms with E-state index in [0.29, 0.717) is 24.5 Å². The van der Waals surface area contributed by atoms with Crippen molar-refractivity contribution < 1.29 is 9.13 Å². The lowest BCUT2D eigenvalue weighted by Crippen LogP contribution is -2.47. The lowest BCUT2D eigenvalue weighted by atomic mass is 9.98. The first-order chi connectivity index (χ1) is 9.17. The average molecular weight is 287 g/mol. The first-order valence-corrected chi connectivity index (χ1v) is 7.05. The molecule has 2 rings (SSSR count). The maximum absolute atomic E-state index is 13.9. The molecule has 2 atom stereocenters. The van der Waals surface area contributed by atoms with Gasteiger partial charge < -0.3 is 4.74 Å². The van der Waals surface area contributed by atoms with Crippen molar-refractivity contribution in [2.24, 2.45) is 11.8 Å². The molecule has 1 aromatic carbocycles. The summed E-state index contributed by atoms with van der Waals surface area (Å²) in [5, 5.41) is 0.146. The second-order valence-corrected chi connectivity index (χ2v) is 5.35. The number of hydrogen-bond acceptors (Lipinski definition) is 3. The first kappa shape index (κ1) is 14.7. The van der Waals surface area contributed by atoms with E-state index in [1.54, 1.807) is 18.2 Å². The normalized spacial score (nSPS) is 18.3. The summed E-state index contributed by atoms with van der Waals surface area (Å²) in [4.78, 5) is 0. The molecule has 1 aliphatic carbocycles. The van der Waals surface area contributed by atoms with Crippen LogP contribution in [-0.4, -0.2) is 18.8 Å². The Bertz CT molecular complexity index is 426. The maximum Gasteiger partial charge on any atom is 0.145 e. The summed E-state index contributed by atoms with van der Waals surface area (Å²) in [5.74, 6) is 5.79. The SMILES string of the molecule is CCOC(C1CC1)C(Cc1cccc(Cl)c1F)NN. The van der Waals surface area contributed by atoms with Gasteiger partial charge >= 0.3 is 0 Å². The molecule has 1 fully saturated rings. The van der Waals surface area contributed by atoms with Gasteiger partial charge in [0.1, 0.15) is 5.82 Å². The number of hydrazine groups is 1. The van der Waals surface area contributed by atoms with Gasteiger partial charge in [-0.1, -0.05) is 23.7 Å². The predicted octanol–water partition coefficient (Wildman–Crippen LogP) is 2.67. The zero-order chi connectivity index (χ0) is 13.8. The van der Waals surface area contributed by atoms with E-state index in [0.717, 1.165) is 12.8 Å². The number of ether oxygens (including phenoxy) is 1. The van der Waals surface area contributed by atoms with Crippen LogP contribution >= 0.6 is 11.6 Å². The minimum atomic E-state index is -0.365.